The number of aryl methyl sites for hydroxylation is 1. The summed E-state index contributed by atoms with van der Waals surface area (Å²) in [6.45, 7) is 2.48. The first-order valence-corrected chi connectivity index (χ1v) is 8.77. The highest BCUT2D eigenvalue weighted by Crippen LogP contribution is 2.30. The molecule has 7 nitrogen and oxygen atoms in total. The van der Waals surface area contributed by atoms with Crippen molar-refractivity contribution < 1.29 is 14.3 Å². The van der Waals surface area contributed by atoms with Gasteiger partial charge in [0.1, 0.15) is 5.82 Å². The molecule has 0 saturated carbocycles. The van der Waals surface area contributed by atoms with Crippen LogP contribution >= 0.6 is 0 Å². The van der Waals surface area contributed by atoms with E-state index in [4.69, 9.17) is 9.47 Å². The molecular formula is C19H23N3O4. The van der Waals surface area contributed by atoms with Gasteiger partial charge in [-0.25, -0.2) is 4.98 Å². The van der Waals surface area contributed by atoms with Gasteiger partial charge in [0.05, 0.1) is 13.2 Å². The van der Waals surface area contributed by atoms with Gasteiger partial charge in [0.25, 0.3) is 11.5 Å². The summed E-state index contributed by atoms with van der Waals surface area (Å²) in [5, 5.41) is 0. The van der Waals surface area contributed by atoms with E-state index in [1.165, 1.54) is 6.07 Å². The first-order chi connectivity index (χ1) is 12.6. The lowest BCUT2D eigenvalue weighted by Crippen LogP contribution is -2.36. The molecule has 7 heteroatoms. The summed E-state index contributed by atoms with van der Waals surface area (Å²) >= 11 is 0. The molecule has 1 aromatic carbocycles. The van der Waals surface area contributed by atoms with E-state index >= 15 is 0 Å². The smallest absolute Gasteiger partial charge is 0.261 e. The summed E-state index contributed by atoms with van der Waals surface area (Å²) in [5.74, 6) is 1.53. The topological polar surface area (TPSA) is 84.5 Å². The SMILES string of the molecule is CCc1cc(=O)[nH]c([C@@H]2CCCN2C(=O)COc2ccccc2OC)n1. The van der Waals surface area contributed by atoms with E-state index in [0.29, 0.717) is 30.3 Å². The Balaban J connectivity index is 1.72. The molecule has 1 fully saturated rings. The lowest BCUT2D eigenvalue weighted by molar-refractivity contribution is -0.134. The molecule has 1 saturated heterocycles. The number of aromatic nitrogens is 2. The number of rotatable bonds is 6. The first-order valence-electron chi connectivity index (χ1n) is 8.77. The number of H-pyrrole nitrogens is 1. The first kappa shape index (κ1) is 18.0. The molecule has 26 heavy (non-hydrogen) atoms. The van der Waals surface area contributed by atoms with E-state index in [0.717, 1.165) is 18.5 Å². The number of ether oxygens (including phenoxy) is 2. The molecule has 0 aliphatic carbocycles. The molecule has 1 N–H and O–H groups in total. The normalized spacial score (nSPS) is 16.5. The van der Waals surface area contributed by atoms with E-state index in [2.05, 4.69) is 9.97 Å². The summed E-state index contributed by atoms with van der Waals surface area (Å²) in [4.78, 5) is 33.5. The van der Waals surface area contributed by atoms with Crippen molar-refractivity contribution in [2.75, 3.05) is 20.3 Å². The summed E-state index contributed by atoms with van der Waals surface area (Å²) in [6.07, 6.45) is 2.32. The van der Waals surface area contributed by atoms with E-state index in [-0.39, 0.29) is 24.1 Å². The number of benzene rings is 1. The molecule has 1 atom stereocenters. The van der Waals surface area contributed by atoms with Crippen LogP contribution < -0.4 is 15.0 Å². The van der Waals surface area contributed by atoms with Crippen molar-refractivity contribution in [3.05, 3.63) is 52.2 Å². The van der Waals surface area contributed by atoms with Crippen LogP contribution in [0.25, 0.3) is 0 Å². The van der Waals surface area contributed by atoms with Crippen LogP contribution in [-0.4, -0.2) is 41.0 Å². The molecule has 0 spiro atoms. The third-order valence-corrected chi connectivity index (χ3v) is 4.48. The molecule has 0 unspecified atom stereocenters. The van der Waals surface area contributed by atoms with Crippen molar-refractivity contribution in [1.82, 2.24) is 14.9 Å². The molecular weight excluding hydrogens is 334 g/mol. The number of likely N-dealkylation sites (tertiary alicyclic amines) is 1. The van der Waals surface area contributed by atoms with Gasteiger partial charge in [-0.15, -0.1) is 0 Å². The number of methoxy groups -OCH3 is 1. The quantitative estimate of drug-likeness (QED) is 0.856. The minimum absolute atomic E-state index is 0.0887. The molecule has 2 heterocycles. The number of carbonyl (C=O) groups excluding carboxylic acids is 1. The van der Waals surface area contributed by atoms with Gasteiger partial charge in [0, 0.05) is 18.3 Å². The number of aromatic amines is 1. The number of amides is 1. The third-order valence-electron chi connectivity index (χ3n) is 4.48. The van der Waals surface area contributed by atoms with Crippen LogP contribution in [0.4, 0.5) is 0 Å². The average molecular weight is 357 g/mol. The molecule has 0 bridgehead atoms. The number of nitrogens with zero attached hydrogens (tertiary/aromatic N) is 2. The van der Waals surface area contributed by atoms with Crippen molar-refractivity contribution in [1.29, 1.82) is 0 Å². The second-order valence-corrected chi connectivity index (χ2v) is 6.16. The summed E-state index contributed by atoms with van der Waals surface area (Å²) in [5.41, 5.74) is 0.546. The highest BCUT2D eigenvalue weighted by Gasteiger charge is 2.32. The lowest BCUT2D eigenvalue weighted by Gasteiger charge is -2.24. The predicted molar refractivity (Wildman–Crippen MR) is 96.4 cm³/mol. The van der Waals surface area contributed by atoms with Crippen LogP contribution in [0.2, 0.25) is 0 Å². The van der Waals surface area contributed by atoms with Crippen molar-refractivity contribution in [3.63, 3.8) is 0 Å². The van der Waals surface area contributed by atoms with Gasteiger partial charge in [-0.3, -0.25) is 9.59 Å². The van der Waals surface area contributed by atoms with Crippen LogP contribution in [0.1, 0.15) is 37.3 Å². The monoisotopic (exact) mass is 357 g/mol. The fraction of sp³-hybridized carbons (Fsp3) is 0.421. The fourth-order valence-corrected chi connectivity index (χ4v) is 3.18. The van der Waals surface area contributed by atoms with Gasteiger partial charge in [-0.05, 0) is 31.4 Å². The molecule has 1 aromatic heterocycles. The number of carbonyl (C=O) groups is 1. The van der Waals surface area contributed by atoms with Crippen LogP contribution in [-0.2, 0) is 11.2 Å². The summed E-state index contributed by atoms with van der Waals surface area (Å²) < 4.78 is 10.9. The Bertz CT molecular complexity index is 834. The Kier molecular flexibility index (Phi) is 5.55. The number of para-hydroxylation sites is 2. The van der Waals surface area contributed by atoms with Gasteiger partial charge in [0.15, 0.2) is 18.1 Å². The largest absolute Gasteiger partial charge is 0.493 e. The molecule has 0 radical (unpaired) electrons. The van der Waals surface area contributed by atoms with E-state index < -0.39 is 0 Å². The lowest BCUT2D eigenvalue weighted by atomic mass is 10.2. The molecule has 1 amide bonds. The third kappa shape index (κ3) is 3.87. The van der Waals surface area contributed by atoms with Crippen molar-refractivity contribution >= 4 is 5.91 Å². The molecule has 3 rings (SSSR count). The molecule has 2 aromatic rings. The van der Waals surface area contributed by atoms with Crippen LogP contribution in [0, 0.1) is 0 Å². The standard InChI is InChI=1S/C19H23N3O4/c1-3-13-11-17(23)21-19(20-13)14-7-6-10-22(14)18(24)12-26-16-9-5-4-8-15(16)25-2/h4-5,8-9,11,14H,3,6-7,10,12H2,1-2H3,(H,20,21,23)/t14-/m0/s1. The average Bonchev–Trinajstić information content (AvgIpc) is 3.15. The Morgan fingerprint density at radius 1 is 1.35 bits per heavy atom. The summed E-state index contributed by atoms with van der Waals surface area (Å²) in [6, 6.07) is 8.48. The maximum absolute atomic E-state index is 12.7. The van der Waals surface area contributed by atoms with Crippen molar-refractivity contribution in [3.8, 4) is 11.5 Å². The molecule has 1 aliphatic heterocycles. The molecule has 1 aliphatic rings. The van der Waals surface area contributed by atoms with E-state index in [1.807, 2.05) is 19.1 Å². The number of hydrogen-bond acceptors (Lipinski definition) is 5. The second kappa shape index (κ2) is 8.03. The zero-order valence-corrected chi connectivity index (χ0v) is 15.0. The van der Waals surface area contributed by atoms with Crippen molar-refractivity contribution in [2.45, 2.75) is 32.2 Å². The zero-order chi connectivity index (χ0) is 18.5. The minimum atomic E-state index is -0.219. The number of nitrogens with one attached hydrogen (secondary N) is 1. The maximum Gasteiger partial charge on any atom is 0.261 e. The Labute approximate surface area is 152 Å². The predicted octanol–water partition coefficient (Wildman–Crippen LogP) is 2.08. The summed E-state index contributed by atoms with van der Waals surface area (Å²) in [7, 11) is 1.56. The molecule has 138 valence electrons. The highest BCUT2D eigenvalue weighted by atomic mass is 16.5. The van der Waals surface area contributed by atoms with Gasteiger partial charge in [0.2, 0.25) is 0 Å². The van der Waals surface area contributed by atoms with Crippen LogP contribution in [0.3, 0.4) is 0 Å². The second-order valence-electron chi connectivity index (χ2n) is 6.16. The Morgan fingerprint density at radius 3 is 2.85 bits per heavy atom. The highest BCUT2D eigenvalue weighted by molar-refractivity contribution is 5.78. The minimum Gasteiger partial charge on any atom is -0.493 e. The maximum atomic E-state index is 12.7. The van der Waals surface area contributed by atoms with Crippen molar-refractivity contribution in [2.24, 2.45) is 0 Å². The number of hydrogen-bond donors (Lipinski definition) is 1. The van der Waals surface area contributed by atoms with Gasteiger partial charge >= 0.3 is 0 Å². The fourth-order valence-electron chi connectivity index (χ4n) is 3.18. The van der Waals surface area contributed by atoms with E-state index in [9.17, 15) is 9.59 Å². The van der Waals surface area contributed by atoms with Gasteiger partial charge in [-0.2, -0.15) is 0 Å². The zero-order valence-electron chi connectivity index (χ0n) is 15.0. The Morgan fingerprint density at radius 2 is 2.12 bits per heavy atom. The van der Waals surface area contributed by atoms with Gasteiger partial charge < -0.3 is 19.4 Å². The Hall–Kier alpha value is -2.83. The van der Waals surface area contributed by atoms with Crippen LogP contribution in [0.5, 0.6) is 11.5 Å². The van der Waals surface area contributed by atoms with Gasteiger partial charge in [-0.1, -0.05) is 19.1 Å². The van der Waals surface area contributed by atoms with Crippen LogP contribution in [0.15, 0.2) is 35.1 Å². The van der Waals surface area contributed by atoms with E-state index in [1.54, 1.807) is 24.1 Å².